The van der Waals surface area contributed by atoms with E-state index in [2.05, 4.69) is 35.6 Å². The number of anilines is 1. The zero-order chi connectivity index (χ0) is 16.2. The summed E-state index contributed by atoms with van der Waals surface area (Å²) in [5, 5.41) is 5.69. The highest BCUT2D eigenvalue weighted by molar-refractivity contribution is 8.00. The third-order valence-electron chi connectivity index (χ3n) is 3.50. The molecule has 3 rings (SSSR count). The van der Waals surface area contributed by atoms with Crippen LogP contribution in [0.2, 0.25) is 5.02 Å². The van der Waals surface area contributed by atoms with Gasteiger partial charge in [0.05, 0.1) is 5.25 Å². The van der Waals surface area contributed by atoms with Crippen molar-refractivity contribution < 1.29 is 4.79 Å². The molecule has 0 heterocycles. The minimum absolute atomic E-state index is 0.0366. The van der Waals surface area contributed by atoms with Crippen LogP contribution in [0, 0.1) is 0 Å². The molecule has 23 heavy (non-hydrogen) atoms. The number of hydrogen-bond donors (Lipinski definition) is 1. The maximum absolute atomic E-state index is 12.3. The lowest BCUT2D eigenvalue weighted by molar-refractivity contribution is -0.115. The smallest absolute Gasteiger partial charge is 0.237 e. The zero-order valence-electron chi connectivity index (χ0n) is 12.6. The van der Waals surface area contributed by atoms with Crippen molar-refractivity contribution in [2.45, 2.75) is 17.1 Å². The molecule has 0 aliphatic carbocycles. The van der Waals surface area contributed by atoms with Crippen LogP contribution in [0.25, 0.3) is 10.8 Å². The lowest BCUT2D eigenvalue weighted by Crippen LogP contribution is -2.22. The van der Waals surface area contributed by atoms with E-state index >= 15 is 0 Å². The largest absolute Gasteiger partial charge is 0.325 e. The van der Waals surface area contributed by atoms with Crippen molar-refractivity contribution in [2.24, 2.45) is 0 Å². The summed E-state index contributed by atoms with van der Waals surface area (Å²) in [5.41, 5.74) is 0.716. The zero-order valence-corrected chi connectivity index (χ0v) is 14.2. The van der Waals surface area contributed by atoms with Crippen molar-refractivity contribution in [3.63, 3.8) is 0 Å². The van der Waals surface area contributed by atoms with Gasteiger partial charge in [-0.15, -0.1) is 11.8 Å². The molecule has 1 amide bonds. The predicted molar refractivity (Wildman–Crippen MR) is 99.3 cm³/mol. The highest BCUT2D eigenvalue weighted by Gasteiger charge is 2.15. The van der Waals surface area contributed by atoms with Crippen LogP contribution >= 0.6 is 23.4 Å². The summed E-state index contributed by atoms with van der Waals surface area (Å²) in [5.74, 6) is -0.0366. The molecule has 2 nitrogen and oxygen atoms in total. The van der Waals surface area contributed by atoms with E-state index in [1.165, 1.54) is 10.8 Å². The molecule has 0 aromatic heterocycles. The fourth-order valence-electron chi connectivity index (χ4n) is 2.31. The number of benzene rings is 3. The fraction of sp³-hybridized carbons (Fsp3) is 0.105. The van der Waals surface area contributed by atoms with E-state index < -0.39 is 0 Å². The molecular formula is C19H16ClNOS. The molecule has 0 unspecified atom stereocenters. The molecule has 1 N–H and O–H groups in total. The molecule has 0 aliphatic heterocycles. The molecule has 0 fully saturated rings. The van der Waals surface area contributed by atoms with Crippen LogP contribution in [0.3, 0.4) is 0 Å². The van der Waals surface area contributed by atoms with Crippen LogP contribution < -0.4 is 5.32 Å². The van der Waals surface area contributed by atoms with Crippen LogP contribution in [0.5, 0.6) is 0 Å². The van der Waals surface area contributed by atoms with Gasteiger partial charge in [0.2, 0.25) is 5.91 Å². The molecule has 0 saturated heterocycles. The molecule has 0 radical (unpaired) electrons. The summed E-state index contributed by atoms with van der Waals surface area (Å²) in [6, 6.07) is 21.6. The van der Waals surface area contributed by atoms with Gasteiger partial charge in [-0.25, -0.2) is 0 Å². The Kier molecular flexibility index (Phi) is 4.89. The minimum atomic E-state index is -0.199. The van der Waals surface area contributed by atoms with Gasteiger partial charge in [-0.3, -0.25) is 4.79 Å². The maximum atomic E-state index is 12.3. The monoisotopic (exact) mass is 341 g/mol. The van der Waals surface area contributed by atoms with Crippen molar-refractivity contribution in [1.82, 2.24) is 0 Å². The topological polar surface area (TPSA) is 29.1 Å². The Morgan fingerprint density at radius 2 is 1.78 bits per heavy atom. The van der Waals surface area contributed by atoms with E-state index in [0.29, 0.717) is 10.7 Å². The van der Waals surface area contributed by atoms with Crippen LogP contribution in [-0.2, 0) is 4.79 Å². The Morgan fingerprint density at radius 1 is 1.00 bits per heavy atom. The number of carbonyl (C=O) groups excluding carboxylic acids is 1. The van der Waals surface area contributed by atoms with E-state index in [1.54, 1.807) is 23.9 Å². The second-order valence-electron chi connectivity index (χ2n) is 5.27. The number of hydrogen-bond acceptors (Lipinski definition) is 2. The van der Waals surface area contributed by atoms with E-state index in [-0.39, 0.29) is 11.2 Å². The summed E-state index contributed by atoms with van der Waals surface area (Å²) in [6.07, 6.45) is 0. The van der Waals surface area contributed by atoms with E-state index in [0.717, 1.165) is 4.90 Å². The molecule has 1 atom stereocenters. The number of halogens is 1. The van der Waals surface area contributed by atoms with Crippen molar-refractivity contribution in [2.75, 3.05) is 5.32 Å². The van der Waals surface area contributed by atoms with Gasteiger partial charge in [0.1, 0.15) is 0 Å². The van der Waals surface area contributed by atoms with Crippen LogP contribution in [0.15, 0.2) is 71.6 Å². The third-order valence-corrected chi connectivity index (χ3v) is 4.82. The quantitative estimate of drug-likeness (QED) is 0.625. The molecule has 116 valence electrons. The molecule has 0 spiro atoms. The van der Waals surface area contributed by atoms with Crippen LogP contribution in [0.1, 0.15) is 6.92 Å². The molecule has 3 aromatic carbocycles. The van der Waals surface area contributed by atoms with Gasteiger partial charge < -0.3 is 5.32 Å². The average Bonchev–Trinajstić information content (AvgIpc) is 2.54. The third kappa shape index (κ3) is 4.06. The summed E-state index contributed by atoms with van der Waals surface area (Å²) in [6.45, 7) is 1.90. The molecule has 0 saturated carbocycles. The lowest BCUT2D eigenvalue weighted by atomic mass is 10.1. The molecule has 0 bridgehead atoms. The predicted octanol–water partition coefficient (Wildman–Crippen LogP) is 5.61. The first-order valence-electron chi connectivity index (χ1n) is 7.34. The Hall–Kier alpha value is -1.97. The lowest BCUT2D eigenvalue weighted by Gasteiger charge is -2.12. The van der Waals surface area contributed by atoms with Crippen molar-refractivity contribution in [3.05, 3.63) is 71.8 Å². The Labute approximate surface area is 144 Å². The van der Waals surface area contributed by atoms with Crippen molar-refractivity contribution in [1.29, 1.82) is 0 Å². The summed E-state index contributed by atoms with van der Waals surface area (Å²) >= 11 is 7.48. The second-order valence-corrected chi connectivity index (χ2v) is 7.12. The van der Waals surface area contributed by atoms with Gasteiger partial charge >= 0.3 is 0 Å². The number of amides is 1. The van der Waals surface area contributed by atoms with Gasteiger partial charge in [0.15, 0.2) is 0 Å². The van der Waals surface area contributed by atoms with Gasteiger partial charge in [-0.1, -0.05) is 48.0 Å². The van der Waals surface area contributed by atoms with E-state index in [9.17, 15) is 4.79 Å². The summed E-state index contributed by atoms with van der Waals surface area (Å²) in [4.78, 5) is 13.4. The number of thioether (sulfide) groups is 1. The minimum Gasteiger partial charge on any atom is -0.325 e. The summed E-state index contributed by atoms with van der Waals surface area (Å²) in [7, 11) is 0. The molecule has 0 aliphatic rings. The van der Waals surface area contributed by atoms with Crippen LogP contribution in [0.4, 0.5) is 5.69 Å². The summed E-state index contributed by atoms with van der Waals surface area (Å²) < 4.78 is 0. The van der Waals surface area contributed by atoms with E-state index in [1.807, 2.05) is 31.2 Å². The van der Waals surface area contributed by atoms with Gasteiger partial charge in [-0.2, -0.15) is 0 Å². The fourth-order valence-corrected chi connectivity index (χ4v) is 3.41. The van der Waals surface area contributed by atoms with Crippen molar-refractivity contribution in [3.8, 4) is 0 Å². The molecule has 4 heteroatoms. The van der Waals surface area contributed by atoms with Crippen LogP contribution in [-0.4, -0.2) is 11.2 Å². The second kappa shape index (κ2) is 7.07. The van der Waals surface area contributed by atoms with Gasteiger partial charge in [-0.05, 0) is 48.0 Å². The number of fused-ring (bicyclic) bond motifs is 1. The molecular weight excluding hydrogens is 326 g/mol. The number of rotatable bonds is 4. The highest BCUT2D eigenvalue weighted by Crippen LogP contribution is 2.27. The van der Waals surface area contributed by atoms with Gasteiger partial charge in [0.25, 0.3) is 0 Å². The first kappa shape index (κ1) is 15.9. The van der Waals surface area contributed by atoms with E-state index in [4.69, 9.17) is 11.6 Å². The first-order valence-corrected chi connectivity index (χ1v) is 8.59. The van der Waals surface area contributed by atoms with Gasteiger partial charge in [0, 0.05) is 15.6 Å². The SMILES string of the molecule is C[C@@H](Sc1ccc2ccccc2c1)C(=O)Nc1cccc(Cl)c1. The first-order chi connectivity index (χ1) is 11.1. The highest BCUT2D eigenvalue weighted by atomic mass is 35.5. The molecule has 3 aromatic rings. The standard InChI is InChI=1S/C19H16ClNOS/c1-13(19(22)21-17-8-4-7-16(20)12-17)23-18-10-9-14-5-2-3-6-15(14)11-18/h2-13H,1H3,(H,21,22)/t13-/m1/s1. The Morgan fingerprint density at radius 3 is 2.57 bits per heavy atom. The number of nitrogens with one attached hydrogen (secondary N) is 1. The maximum Gasteiger partial charge on any atom is 0.237 e. The Bertz CT molecular complexity index is 849. The van der Waals surface area contributed by atoms with Crippen molar-refractivity contribution >= 4 is 45.7 Å². The normalized spacial score (nSPS) is 12.1. The Balaban J connectivity index is 1.69. The average molecular weight is 342 g/mol. The number of carbonyl (C=O) groups is 1.